The Bertz CT molecular complexity index is 397. The summed E-state index contributed by atoms with van der Waals surface area (Å²) in [5.41, 5.74) is 1.17. The molecule has 2 heteroatoms. The number of nitrogens with zero attached hydrogens (tertiary/aromatic N) is 1. The van der Waals surface area contributed by atoms with Crippen molar-refractivity contribution in [3.63, 3.8) is 0 Å². The quantitative estimate of drug-likeness (QED) is 0.742. The van der Waals surface area contributed by atoms with Gasteiger partial charge in [0.2, 0.25) is 5.91 Å². The standard InChI is InChI=1S/C16H23NO/c1-16(2,3)15(18)17-11-9-14(10-12-17)13-7-5-4-6-8-13/h4-8,14H,9-12H2,1-3H3. The van der Waals surface area contributed by atoms with Crippen molar-refractivity contribution in [3.05, 3.63) is 35.9 Å². The molecule has 0 bridgehead atoms. The SMILES string of the molecule is CC(C)(C)C(=O)N1CCC(c2ccccc2)CC1. The van der Waals surface area contributed by atoms with Gasteiger partial charge in [0, 0.05) is 18.5 Å². The van der Waals surface area contributed by atoms with Gasteiger partial charge in [-0.3, -0.25) is 4.79 Å². The van der Waals surface area contributed by atoms with E-state index in [2.05, 4.69) is 30.3 Å². The highest BCUT2D eigenvalue weighted by molar-refractivity contribution is 5.81. The predicted octanol–water partition coefficient (Wildman–Crippen LogP) is 3.44. The first-order chi connectivity index (χ1) is 8.48. The first-order valence-electron chi connectivity index (χ1n) is 6.83. The zero-order valence-corrected chi connectivity index (χ0v) is 11.6. The third-order valence-electron chi connectivity index (χ3n) is 3.69. The van der Waals surface area contributed by atoms with E-state index in [1.165, 1.54) is 5.56 Å². The number of benzene rings is 1. The molecule has 2 nitrogen and oxygen atoms in total. The number of hydrogen-bond donors (Lipinski definition) is 0. The van der Waals surface area contributed by atoms with Gasteiger partial charge in [-0.15, -0.1) is 0 Å². The Morgan fingerprint density at radius 1 is 1.11 bits per heavy atom. The van der Waals surface area contributed by atoms with Crippen LogP contribution in [0.2, 0.25) is 0 Å². The van der Waals surface area contributed by atoms with Gasteiger partial charge in [-0.1, -0.05) is 51.1 Å². The number of amides is 1. The molecule has 1 heterocycles. The minimum absolute atomic E-state index is 0.250. The second-order valence-electron chi connectivity index (χ2n) is 6.23. The fraction of sp³-hybridized carbons (Fsp3) is 0.562. The molecule has 1 amide bonds. The lowest BCUT2D eigenvalue weighted by Crippen LogP contribution is -2.43. The normalized spacial score (nSPS) is 17.8. The van der Waals surface area contributed by atoms with E-state index in [0.29, 0.717) is 5.92 Å². The van der Waals surface area contributed by atoms with Crippen LogP contribution in [0.4, 0.5) is 0 Å². The lowest BCUT2D eigenvalue weighted by Gasteiger charge is -2.35. The smallest absolute Gasteiger partial charge is 0.227 e. The van der Waals surface area contributed by atoms with Crippen LogP contribution in [0.25, 0.3) is 0 Å². The van der Waals surface area contributed by atoms with Crippen LogP contribution in [-0.2, 0) is 4.79 Å². The van der Waals surface area contributed by atoms with E-state index < -0.39 is 0 Å². The van der Waals surface area contributed by atoms with E-state index in [1.54, 1.807) is 0 Å². The molecule has 2 rings (SSSR count). The Labute approximate surface area is 110 Å². The molecule has 1 aliphatic heterocycles. The van der Waals surface area contributed by atoms with Gasteiger partial charge in [-0.05, 0) is 24.3 Å². The highest BCUT2D eigenvalue weighted by atomic mass is 16.2. The molecule has 18 heavy (non-hydrogen) atoms. The summed E-state index contributed by atoms with van der Waals surface area (Å²) in [6.07, 6.45) is 2.18. The number of hydrogen-bond acceptors (Lipinski definition) is 1. The molecule has 1 aliphatic rings. The number of likely N-dealkylation sites (tertiary alicyclic amines) is 1. The molecule has 1 aromatic carbocycles. The summed E-state index contributed by atoms with van der Waals surface area (Å²) in [6, 6.07) is 10.7. The Morgan fingerprint density at radius 2 is 1.67 bits per heavy atom. The molecule has 1 fully saturated rings. The summed E-state index contributed by atoms with van der Waals surface area (Å²) in [7, 11) is 0. The molecule has 1 aromatic rings. The summed E-state index contributed by atoms with van der Waals surface area (Å²) < 4.78 is 0. The van der Waals surface area contributed by atoms with Gasteiger partial charge < -0.3 is 4.90 Å². The van der Waals surface area contributed by atoms with Gasteiger partial charge in [0.05, 0.1) is 0 Å². The average molecular weight is 245 g/mol. The van der Waals surface area contributed by atoms with E-state index in [0.717, 1.165) is 25.9 Å². The fourth-order valence-electron chi connectivity index (χ4n) is 2.62. The average Bonchev–Trinajstić information content (AvgIpc) is 2.38. The minimum Gasteiger partial charge on any atom is -0.342 e. The molecular formula is C16H23NO. The third-order valence-corrected chi connectivity index (χ3v) is 3.69. The van der Waals surface area contributed by atoms with Crippen LogP contribution in [0.3, 0.4) is 0 Å². The van der Waals surface area contributed by atoms with Crippen LogP contribution in [0.5, 0.6) is 0 Å². The molecule has 98 valence electrons. The van der Waals surface area contributed by atoms with Crippen LogP contribution in [0.15, 0.2) is 30.3 Å². The van der Waals surface area contributed by atoms with Gasteiger partial charge >= 0.3 is 0 Å². The van der Waals surface area contributed by atoms with Crippen molar-refractivity contribution in [1.82, 2.24) is 4.90 Å². The van der Waals surface area contributed by atoms with Crippen molar-refractivity contribution >= 4 is 5.91 Å². The number of carbonyl (C=O) groups excluding carboxylic acids is 1. The molecule has 0 atom stereocenters. The second-order valence-corrected chi connectivity index (χ2v) is 6.23. The van der Waals surface area contributed by atoms with Crippen LogP contribution >= 0.6 is 0 Å². The largest absolute Gasteiger partial charge is 0.342 e. The van der Waals surface area contributed by atoms with Gasteiger partial charge in [0.1, 0.15) is 0 Å². The maximum atomic E-state index is 12.2. The van der Waals surface area contributed by atoms with E-state index in [9.17, 15) is 4.79 Å². The fourth-order valence-corrected chi connectivity index (χ4v) is 2.62. The number of piperidine rings is 1. The summed E-state index contributed by atoms with van der Waals surface area (Å²) in [5, 5.41) is 0. The van der Waals surface area contributed by atoms with Crippen LogP contribution < -0.4 is 0 Å². The summed E-state index contributed by atoms with van der Waals surface area (Å²) in [4.78, 5) is 14.2. The van der Waals surface area contributed by atoms with Crippen molar-refractivity contribution in [2.24, 2.45) is 5.41 Å². The Morgan fingerprint density at radius 3 is 2.17 bits per heavy atom. The molecule has 0 radical (unpaired) electrons. The van der Waals surface area contributed by atoms with Crippen LogP contribution in [0.1, 0.15) is 45.1 Å². The van der Waals surface area contributed by atoms with Crippen molar-refractivity contribution in [2.45, 2.75) is 39.5 Å². The molecule has 0 N–H and O–H groups in total. The van der Waals surface area contributed by atoms with E-state index >= 15 is 0 Å². The highest BCUT2D eigenvalue weighted by Gasteiger charge is 2.30. The van der Waals surface area contributed by atoms with Gasteiger partial charge in [-0.2, -0.15) is 0 Å². The van der Waals surface area contributed by atoms with Gasteiger partial charge in [-0.25, -0.2) is 0 Å². The zero-order chi connectivity index (χ0) is 13.2. The van der Waals surface area contributed by atoms with Crippen molar-refractivity contribution in [2.75, 3.05) is 13.1 Å². The minimum atomic E-state index is -0.250. The Hall–Kier alpha value is -1.31. The number of carbonyl (C=O) groups is 1. The molecule has 0 unspecified atom stereocenters. The molecule has 0 saturated carbocycles. The van der Waals surface area contributed by atoms with Crippen molar-refractivity contribution < 1.29 is 4.79 Å². The Balaban J connectivity index is 1.95. The molecular weight excluding hydrogens is 222 g/mol. The summed E-state index contributed by atoms with van der Waals surface area (Å²) in [5.74, 6) is 0.907. The lowest BCUT2D eigenvalue weighted by atomic mass is 9.87. The first-order valence-corrected chi connectivity index (χ1v) is 6.83. The zero-order valence-electron chi connectivity index (χ0n) is 11.6. The highest BCUT2D eigenvalue weighted by Crippen LogP contribution is 2.29. The second kappa shape index (κ2) is 5.13. The first kappa shape index (κ1) is 13.1. The summed E-state index contributed by atoms with van der Waals surface area (Å²) in [6.45, 7) is 7.79. The van der Waals surface area contributed by atoms with E-state index in [1.807, 2.05) is 25.7 Å². The molecule has 0 aliphatic carbocycles. The maximum Gasteiger partial charge on any atom is 0.227 e. The molecule has 1 saturated heterocycles. The molecule has 0 aromatic heterocycles. The van der Waals surface area contributed by atoms with Gasteiger partial charge in [0.25, 0.3) is 0 Å². The number of rotatable bonds is 1. The maximum absolute atomic E-state index is 12.2. The topological polar surface area (TPSA) is 20.3 Å². The monoisotopic (exact) mass is 245 g/mol. The summed E-state index contributed by atoms with van der Waals surface area (Å²) >= 11 is 0. The van der Waals surface area contributed by atoms with Crippen molar-refractivity contribution in [3.8, 4) is 0 Å². The van der Waals surface area contributed by atoms with E-state index in [4.69, 9.17) is 0 Å². The Kier molecular flexibility index (Phi) is 3.74. The lowest BCUT2D eigenvalue weighted by molar-refractivity contribution is -0.140. The predicted molar refractivity (Wildman–Crippen MR) is 74.5 cm³/mol. The molecule has 0 spiro atoms. The van der Waals surface area contributed by atoms with E-state index in [-0.39, 0.29) is 11.3 Å². The van der Waals surface area contributed by atoms with Gasteiger partial charge in [0.15, 0.2) is 0 Å². The third kappa shape index (κ3) is 2.92. The van der Waals surface area contributed by atoms with Crippen molar-refractivity contribution in [1.29, 1.82) is 0 Å². The van der Waals surface area contributed by atoms with Crippen LogP contribution in [0, 0.1) is 5.41 Å². The van der Waals surface area contributed by atoms with Crippen LogP contribution in [-0.4, -0.2) is 23.9 Å².